The molecule has 0 radical (unpaired) electrons. The van der Waals surface area contributed by atoms with Gasteiger partial charge in [-0.1, -0.05) is 37.3 Å². The number of nitrogens with one attached hydrogen (secondary N) is 3. The molecule has 0 spiro atoms. The van der Waals surface area contributed by atoms with Crippen LogP contribution in [0.25, 0.3) is 0 Å². The molecule has 1 atom stereocenters. The number of aromatic amines is 1. The third-order valence-corrected chi connectivity index (χ3v) is 5.49. The monoisotopic (exact) mass is 390 g/mol. The number of carbonyl (C=O) groups is 2. The number of ether oxygens (including phenoxy) is 1. The predicted molar refractivity (Wildman–Crippen MR) is 109 cm³/mol. The van der Waals surface area contributed by atoms with Crippen molar-refractivity contribution in [3.05, 3.63) is 77.1 Å². The molecule has 148 valence electrons. The van der Waals surface area contributed by atoms with E-state index in [0.29, 0.717) is 29.2 Å². The van der Waals surface area contributed by atoms with Crippen LogP contribution in [0.15, 0.2) is 54.9 Å². The molecule has 1 aromatic heterocycles. The van der Waals surface area contributed by atoms with Gasteiger partial charge in [0, 0.05) is 24.4 Å². The van der Waals surface area contributed by atoms with Gasteiger partial charge >= 0.3 is 0 Å². The number of amides is 2. The van der Waals surface area contributed by atoms with Gasteiger partial charge in [0.2, 0.25) is 0 Å². The number of fused-ring (bicyclic) bond motifs is 1. The normalized spacial score (nSPS) is 17.3. The minimum atomic E-state index is -0.425. The molecule has 0 aliphatic carbocycles. The van der Waals surface area contributed by atoms with E-state index in [9.17, 15) is 9.59 Å². The van der Waals surface area contributed by atoms with Crippen molar-refractivity contribution in [1.29, 1.82) is 0 Å². The molecule has 1 aliphatic rings. The summed E-state index contributed by atoms with van der Waals surface area (Å²) in [5.41, 5.74) is 2.82. The molecule has 1 unspecified atom stereocenters. The second-order valence-corrected chi connectivity index (χ2v) is 7.01. The Morgan fingerprint density at radius 2 is 2.00 bits per heavy atom. The molecule has 7 heteroatoms. The zero-order valence-corrected chi connectivity index (χ0v) is 16.3. The lowest BCUT2D eigenvalue weighted by Gasteiger charge is -2.27. The number of nitrogens with zero attached hydrogens (tertiary/aromatic N) is 1. The van der Waals surface area contributed by atoms with Gasteiger partial charge in [0.25, 0.3) is 11.8 Å². The topological polar surface area (TPSA) is 96.1 Å². The van der Waals surface area contributed by atoms with Crippen LogP contribution in [0.2, 0.25) is 0 Å². The second kappa shape index (κ2) is 7.43. The highest BCUT2D eigenvalue weighted by atomic mass is 16.5. The Kier molecular flexibility index (Phi) is 4.80. The van der Waals surface area contributed by atoms with Gasteiger partial charge < -0.3 is 15.4 Å². The first-order valence-electron chi connectivity index (χ1n) is 9.48. The van der Waals surface area contributed by atoms with Crippen LogP contribution in [0, 0.1) is 0 Å². The summed E-state index contributed by atoms with van der Waals surface area (Å²) in [6.45, 7) is 2.50. The van der Waals surface area contributed by atoms with Crippen molar-refractivity contribution >= 4 is 17.5 Å². The van der Waals surface area contributed by atoms with Gasteiger partial charge in [-0.15, -0.1) is 0 Å². The maximum Gasteiger partial charge on any atom is 0.255 e. The molecule has 0 bridgehead atoms. The van der Waals surface area contributed by atoms with Crippen LogP contribution in [0.3, 0.4) is 0 Å². The van der Waals surface area contributed by atoms with E-state index in [1.165, 1.54) is 6.20 Å². The Labute approximate surface area is 168 Å². The lowest BCUT2D eigenvalue weighted by Crippen LogP contribution is -2.29. The van der Waals surface area contributed by atoms with E-state index >= 15 is 0 Å². The van der Waals surface area contributed by atoms with E-state index < -0.39 is 5.41 Å². The van der Waals surface area contributed by atoms with Gasteiger partial charge in [-0.05, 0) is 24.1 Å². The highest BCUT2D eigenvalue weighted by molar-refractivity contribution is 6.07. The molecule has 2 heterocycles. The van der Waals surface area contributed by atoms with Crippen LogP contribution in [-0.2, 0) is 5.41 Å². The fourth-order valence-corrected chi connectivity index (χ4v) is 3.86. The minimum Gasteiger partial charge on any atom is -0.491 e. The van der Waals surface area contributed by atoms with Crippen LogP contribution in [0.5, 0.6) is 5.75 Å². The molecule has 0 saturated carbocycles. The predicted octanol–water partition coefficient (Wildman–Crippen LogP) is 3.11. The van der Waals surface area contributed by atoms with Crippen molar-refractivity contribution in [2.24, 2.45) is 0 Å². The molecule has 1 aliphatic heterocycles. The molecule has 2 aromatic carbocycles. The lowest BCUT2D eigenvalue weighted by atomic mass is 9.73. The summed E-state index contributed by atoms with van der Waals surface area (Å²) in [4.78, 5) is 25.4. The van der Waals surface area contributed by atoms with E-state index in [1.807, 2.05) is 24.3 Å². The van der Waals surface area contributed by atoms with Crippen LogP contribution in [0.1, 0.15) is 45.2 Å². The minimum absolute atomic E-state index is 0.292. The molecule has 3 aromatic rings. The Balaban J connectivity index is 1.86. The van der Waals surface area contributed by atoms with Gasteiger partial charge in [-0.3, -0.25) is 14.7 Å². The summed E-state index contributed by atoms with van der Waals surface area (Å²) in [6.07, 6.45) is 3.88. The van der Waals surface area contributed by atoms with Crippen molar-refractivity contribution in [3.8, 4) is 5.75 Å². The van der Waals surface area contributed by atoms with E-state index in [-0.39, 0.29) is 11.8 Å². The number of carbonyl (C=O) groups excluding carboxylic acids is 2. The number of rotatable bonds is 5. The van der Waals surface area contributed by atoms with Gasteiger partial charge in [0.15, 0.2) is 0 Å². The first kappa shape index (κ1) is 18.7. The van der Waals surface area contributed by atoms with Crippen LogP contribution in [-0.4, -0.2) is 35.7 Å². The SMILES string of the molecule is CCC1(c2ccccc2)COc2c(C(=O)NC)cc(C(=O)Nc3cn[nH]c3)cc21. The fourth-order valence-electron chi connectivity index (χ4n) is 3.86. The second-order valence-electron chi connectivity index (χ2n) is 7.01. The molecule has 0 saturated heterocycles. The van der Waals surface area contributed by atoms with Crippen LogP contribution in [0.4, 0.5) is 5.69 Å². The molecule has 3 N–H and O–H groups in total. The van der Waals surface area contributed by atoms with Crippen molar-refractivity contribution in [2.75, 3.05) is 19.0 Å². The number of hydrogen-bond acceptors (Lipinski definition) is 4. The number of hydrogen-bond donors (Lipinski definition) is 3. The Morgan fingerprint density at radius 1 is 1.21 bits per heavy atom. The average molecular weight is 390 g/mol. The maximum absolute atomic E-state index is 12.9. The molecule has 4 rings (SSSR count). The zero-order chi connectivity index (χ0) is 20.4. The highest BCUT2D eigenvalue weighted by Crippen LogP contribution is 2.47. The molecule has 0 fully saturated rings. The van der Waals surface area contributed by atoms with Crippen LogP contribution < -0.4 is 15.4 Å². The Morgan fingerprint density at radius 3 is 2.66 bits per heavy atom. The first-order chi connectivity index (χ1) is 14.1. The summed E-state index contributed by atoms with van der Waals surface area (Å²) in [5.74, 6) is -0.0709. The maximum atomic E-state index is 12.9. The Bertz CT molecular complexity index is 1050. The van der Waals surface area contributed by atoms with Gasteiger partial charge in [0.05, 0.1) is 22.9 Å². The van der Waals surface area contributed by atoms with E-state index in [4.69, 9.17) is 4.74 Å². The van der Waals surface area contributed by atoms with Gasteiger partial charge in [-0.2, -0.15) is 5.10 Å². The third kappa shape index (κ3) is 3.14. The number of aromatic nitrogens is 2. The molecule has 2 amide bonds. The summed E-state index contributed by atoms with van der Waals surface area (Å²) in [5, 5.41) is 11.9. The average Bonchev–Trinajstić information content (AvgIpc) is 3.41. The first-order valence-corrected chi connectivity index (χ1v) is 9.48. The van der Waals surface area contributed by atoms with Crippen LogP contribution >= 0.6 is 0 Å². The quantitative estimate of drug-likeness (QED) is 0.624. The van der Waals surface area contributed by atoms with Gasteiger partial charge in [0.1, 0.15) is 12.4 Å². The van der Waals surface area contributed by atoms with Crippen molar-refractivity contribution in [1.82, 2.24) is 15.5 Å². The lowest BCUT2D eigenvalue weighted by molar-refractivity contribution is 0.0959. The molecule has 7 nitrogen and oxygen atoms in total. The summed E-state index contributed by atoms with van der Waals surface area (Å²) >= 11 is 0. The third-order valence-electron chi connectivity index (χ3n) is 5.49. The number of anilines is 1. The molecular weight excluding hydrogens is 368 g/mol. The summed E-state index contributed by atoms with van der Waals surface area (Å²) in [7, 11) is 1.56. The van der Waals surface area contributed by atoms with E-state index in [1.54, 1.807) is 19.3 Å². The van der Waals surface area contributed by atoms with Gasteiger partial charge in [-0.25, -0.2) is 0 Å². The standard InChI is InChI=1S/C22H22N4O3/c1-3-22(15-7-5-4-6-8-15)13-29-19-17(21(28)23-2)9-14(10-18(19)22)20(27)26-16-11-24-25-12-16/h4-12H,3,13H2,1-2H3,(H,23,28)(H,24,25)(H,26,27). The number of H-pyrrole nitrogens is 1. The van der Waals surface area contributed by atoms with Crippen molar-refractivity contribution in [2.45, 2.75) is 18.8 Å². The fraction of sp³-hybridized carbons (Fsp3) is 0.227. The van der Waals surface area contributed by atoms with Crippen molar-refractivity contribution in [3.63, 3.8) is 0 Å². The smallest absolute Gasteiger partial charge is 0.255 e. The Hall–Kier alpha value is -3.61. The zero-order valence-electron chi connectivity index (χ0n) is 16.3. The largest absolute Gasteiger partial charge is 0.491 e. The molecular formula is C22H22N4O3. The van der Waals surface area contributed by atoms with Crippen molar-refractivity contribution < 1.29 is 14.3 Å². The summed E-state index contributed by atoms with van der Waals surface area (Å²) < 4.78 is 6.05. The molecule has 29 heavy (non-hydrogen) atoms. The number of benzene rings is 2. The highest BCUT2D eigenvalue weighted by Gasteiger charge is 2.43. The van der Waals surface area contributed by atoms with E-state index in [2.05, 4.69) is 39.9 Å². The summed E-state index contributed by atoms with van der Waals surface area (Å²) in [6, 6.07) is 13.5. The van der Waals surface area contributed by atoms with E-state index in [0.717, 1.165) is 17.5 Å².